The number of hydrogen-bond donors (Lipinski definition) is 0. The summed E-state index contributed by atoms with van der Waals surface area (Å²) < 4.78 is 12.2. The van der Waals surface area contributed by atoms with E-state index in [9.17, 15) is 0 Å². The first-order chi connectivity index (χ1) is 24.7. The lowest BCUT2D eigenvalue weighted by atomic mass is 9.99. The number of benzene rings is 8. The van der Waals surface area contributed by atoms with Crippen molar-refractivity contribution in [2.75, 3.05) is 0 Å². The van der Waals surface area contributed by atoms with Crippen LogP contribution in [0.1, 0.15) is 0 Å². The van der Waals surface area contributed by atoms with E-state index >= 15 is 0 Å². The average molecular weight is 704 g/mol. The van der Waals surface area contributed by atoms with Crippen LogP contribution in [0, 0.1) is 0 Å². The van der Waals surface area contributed by atoms with E-state index in [0.29, 0.717) is 0 Å². The Morgan fingerprint density at radius 2 is 1.06 bits per heavy atom. The van der Waals surface area contributed by atoms with E-state index in [1.807, 2.05) is 12.1 Å². The summed E-state index contributed by atoms with van der Waals surface area (Å²) in [6.07, 6.45) is 0. The standard InChI is InChI=1S/C46H27BrN2O/c47-37-21-25-42(45-34-15-7-9-17-43(34)50-46(37)45)49-40-23-20-30(27-36(40)44-32-13-5-4-10-28(32)18-24-41(44)49)29-19-22-39-35(26-29)33-14-6-8-16-38(33)48(39)31-11-2-1-3-12-31/h1-27H. The van der Waals surface area contributed by atoms with Gasteiger partial charge in [0.1, 0.15) is 5.58 Å². The minimum atomic E-state index is 0.860. The summed E-state index contributed by atoms with van der Waals surface area (Å²) >= 11 is 3.78. The second kappa shape index (κ2) is 10.4. The summed E-state index contributed by atoms with van der Waals surface area (Å²) in [5, 5.41) is 9.67. The van der Waals surface area contributed by atoms with E-state index in [-0.39, 0.29) is 0 Å². The molecule has 0 spiro atoms. The number of nitrogens with zero attached hydrogens (tertiary/aromatic N) is 2. The van der Waals surface area contributed by atoms with Crippen molar-refractivity contribution < 1.29 is 4.42 Å². The molecule has 0 saturated heterocycles. The lowest BCUT2D eigenvalue weighted by Gasteiger charge is -2.11. The first-order valence-corrected chi connectivity index (χ1v) is 17.7. The summed E-state index contributed by atoms with van der Waals surface area (Å²) in [6.45, 7) is 0. The van der Waals surface area contributed by atoms with Crippen LogP contribution in [-0.4, -0.2) is 9.13 Å². The van der Waals surface area contributed by atoms with Crippen molar-refractivity contribution in [2.45, 2.75) is 0 Å². The first-order valence-electron chi connectivity index (χ1n) is 16.9. The minimum absolute atomic E-state index is 0.860. The maximum Gasteiger partial charge on any atom is 0.151 e. The number of furan rings is 1. The van der Waals surface area contributed by atoms with Crippen molar-refractivity contribution >= 4 is 92.3 Å². The number of fused-ring (bicyclic) bond motifs is 11. The Morgan fingerprint density at radius 1 is 0.420 bits per heavy atom. The molecular formula is C46H27BrN2O. The third kappa shape index (κ3) is 3.85. The van der Waals surface area contributed by atoms with Crippen LogP contribution in [-0.2, 0) is 0 Å². The van der Waals surface area contributed by atoms with Gasteiger partial charge in [0.2, 0.25) is 0 Å². The van der Waals surface area contributed by atoms with Crippen LogP contribution in [0.3, 0.4) is 0 Å². The third-order valence-corrected chi connectivity index (χ3v) is 11.0. The van der Waals surface area contributed by atoms with Crippen LogP contribution >= 0.6 is 15.9 Å². The maximum atomic E-state index is 6.43. The lowest BCUT2D eigenvalue weighted by molar-refractivity contribution is 0.666. The molecule has 0 N–H and O–H groups in total. The summed E-state index contributed by atoms with van der Waals surface area (Å²) in [5.41, 5.74) is 11.2. The molecule has 0 fully saturated rings. The Morgan fingerprint density at radius 3 is 1.90 bits per heavy atom. The molecule has 0 radical (unpaired) electrons. The fraction of sp³-hybridized carbons (Fsp3) is 0. The van der Waals surface area contributed by atoms with Gasteiger partial charge >= 0.3 is 0 Å². The summed E-state index contributed by atoms with van der Waals surface area (Å²) in [4.78, 5) is 0. The van der Waals surface area contributed by atoms with Crippen LogP contribution in [0.5, 0.6) is 0 Å². The normalized spacial score (nSPS) is 12.1. The Kier molecular flexibility index (Phi) is 5.81. The number of halogens is 1. The highest BCUT2D eigenvalue weighted by Gasteiger charge is 2.21. The third-order valence-electron chi connectivity index (χ3n) is 10.4. The van der Waals surface area contributed by atoms with Gasteiger partial charge in [-0.25, -0.2) is 0 Å². The van der Waals surface area contributed by atoms with Gasteiger partial charge < -0.3 is 13.6 Å². The van der Waals surface area contributed by atoms with E-state index in [0.717, 1.165) is 37.6 Å². The topological polar surface area (TPSA) is 23.0 Å². The van der Waals surface area contributed by atoms with E-state index in [4.69, 9.17) is 4.42 Å². The Balaban J connectivity index is 1.20. The van der Waals surface area contributed by atoms with Crippen LogP contribution in [0.4, 0.5) is 0 Å². The largest absolute Gasteiger partial charge is 0.455 e. The van der Waals surface area contributed by atoms with Gasteiger partial charge in [0.25, 0.3) is 0 Å². The zero-order valence-electron chi connectivity index (χ0n) is 26.8. The van der Waals surface area contributed by atoms with E-state index in [1.165, 1.54) is 65.7 Å². The summed E-state index contributed by atoms with van der Waals surface area (Å²) in [5.74, 6) is 0. The van der Waals surface area contributed by atoms with E-state index < -0.39 is 0 Å². The molecular weight excluding hydrogens is 676 g/mol. The van der Waals surface area contributed by atoms with Gasteiger partial charge in [-0.2, -0.15) is 0 Å². The summed E-state index contributed by atoms with van der Waals surface area (Å²) in [7, 11) is 0. The van der Waals surface area contributed by atoms with E-state index in [2.05, 4.69) is 177 Å². The Hall–Kier alpha value is -6.10. The van der Waals surface area contributed by atoms with Gasteiger partial charge in [0.15, 0.2) is 5.58 Å². The smallest absolute Gasteiger partial charge is 0.151 e. The molecule has 0 saturated carbocycles. The van der Waals surface area contributed by atoms with Gasteiger partial charge in [0.05, 0.1) is 37.6 Å². The van der Waals surface area contributed by atoms with Crippen LogP contribution < -0.4 is 0 Å². The number of hydrogen-bond acceptors (Lipinski definition) is 1. The van der Waals surface area contributed by atoms with Gasteiger partial charge in [-0.3, -0.25) is 0 Å². The van der Waals surface area contributed by atoms with Gasteiger partial charge in [0, 0.05) is 32.6 Å². The minimum Gasteiger partial charge on any atom is -0.455 e. The fourth-order valence-electron chi connectivity index (χ4n) is 8.20. The molecule has 0 atom stereocenters. The molecule has 0 aliphatic carbocycles. The molecule has 11 rings (SSSR count). The number of para-hydroxylation sites is 3. The molecule has 50 heavy (non-hydrogen) atoms. The SMILES string of the molecule is Brc1ccc(-n2c3ccc(-c4ccc5c(c4)c4ccccc4n5-c4ccccc4)cc3c3c4ccccc4ccc32)c2c1oc1ccccc12. The molecule has 4 heteroatoms. The first kappa shape index (κ1) is 27.8. The average Bonchev–Trinajstić information content (AvgIpc) is 3.84. The van der Waals surface area contributed by atoms with Crippen molar-refractivity contribution in [2.24, 2.45) is 0 Å². The van der Waals surface area contributed by atoms with Crippen LogP contribution in [0.15, 0.2) is 173 Å². The highest BCUT2D eigenvalue weighted by atomic mass is 79.9. The fourth-order valence-corrected chi connectivity index (χ4v) is 8.61. The number of aromatic nitrogens is 2. The van der Waals surface area contributed by atoms with E-state index in [1.54, 1.807) is 0 Å². The highest BCUT2D eigenvalue weighted by molar-refractivity contribution is 9.10. The molecule has 0 bridgehead atoms. The zero-order valence-corrected chi connectivity index (χ0v) is 28.4. The molecule has 3 aromatic heterocycles. The molecule has 234 valence electrons. The highest BCUT2D eigenvalue weighted by Crippen LogP contribution is 2.44. The van der Waals surface area contributed by atoms with Crippen LogP contribution in [0.2, 0.25) is 0 Å². The van der Waals surface area contributed by atoms with Gasteiger partial charge in [-0.15, -0.1) is 0 Å². The summed E-state index contributed by atoms with van der Waals surface area (Å²) in [6, 6.07) is 59.1. The predicted molar refractivity (Wildman–Crippen MR) is 213 cm³/mol. The van der Waals surface area contributed by atoms with Gasteiger partial charge in [-0.1, -0.05) is 97.1 Å². The van der Waals surface area contributed by atoms with Crippen LogP contribution in [0.25, 0.3) is 98.8 Å². The molecule has 0 aliphatic heterocycles. The molecule has 0 unspecified atom stereocenters. The van der Waals surface area contributed by atoms with Crippen molar-refractivity contribution in [3.8, 4) is 22.5 Å². The molecule has 8 aromatic carbocycles. The predicted octanol–water partition coefficient (Wildman–Crippen LogP) is 13.4. The monoisotopic (exact) mass is 702 g/mol. The molecule has 0 amide bonds. The molecule has 0 aliphatic rings. The Labute approximate surface area is 295 Å². The zero-order chi connectivity index (χ0) is 32.9. The quantitative estimate of drug-likeness (QED) is 0.180. The van der Waals surface area contributed by atoms with Crippen molar-refractivity contribution in [3.05, 3.63) is 168 Å². The van der Waals surface area contributed by atoms with Crippen molar-refractivity contribution in [1.82, 2.24) is 9.13 Å². The second-order valence-electron chi connectivity index (χ2n) is 13.0. The lowest BCUT2D eigenvalue weighted by Crippen LogP contribution is -1.95. The van der Waals surface area contributed by atoms with Gasteiger partial charge in [-0.05, 0) is 105 Å². The number of rotatable bonds is 3. The second-order valence-corrected chi connectivity index (χ2v) is 13.9. The van der Waals surface area contributed by atoms with Crippen molar-refractivity contribution in [1.29, 1.82) is 0 Å². The maximum absolute atomic E-state index is 6.43. The molecule has 11 aromatic rings. The molecule has 3 nitrogen and oxygen atoms in total. The Bertz CT molecular complexity index is 3160. The van der Waals surface area contributed by atoms with Crippen molar-refractivity contribution in [3.63, 3.8) is 0 Å². The molecule has 3 heterocycles.